The third kappa shape index (κ3) is 6.95. The van der Waals surface area contributed by atoms with E-state index in [0.29, 0.717) is 24.3 Å². The molecule has 3 heterocycles. The van der Waals surface area contributed by atoms with Gasteiger partial charge in [0.15, 0.2) is 5.78 Å². The Morgan fingerprint density at radius 3 is 2.47 bits per heavy atom. The fourth-order valence-electron chi connectivity index (χ4n) is 6.15. The number of fused-ring (bicyclic) bond motifs is 14. The summed E-state index contributed by atoms with van der Waals surface area (Å²) in [4.78, 5) is 65.4. The highest BCUT2D eigenvalue weighted by Crippen LogP contribution is 2.47. The smallest absolute Gasteiger partial charge is 0.312 e. The average Bonchev–Trinajstić information content (AvgIpc) is 3.21. The average molecular weight is 620 g/mol. The number of Topliss-reactive ketones (excluding diaryl/α,β-unsaturated/α-hetero) is 2. The maximum atomic E-state index is 13.7. The van der Waals surface area contributed by atoms with Gasteiger partial charge >= 0.3 is 11.8 Å². The van der Waals surface area contributed by atoms with E-state index in [1.807, 2.05) is 6.08 Å². The molecule has 1 amide bonds. The first-order valence-electron chi connectivity index (χ1n) is 15.2. The highest BCUT2D eigenvalue weighted by atomic mass is 16.7. The molecule has 0 spiro atoms. The van der Waals surface area contributed by atoms with Crippen LogP contribution in [-0.4, -0.2) is 46.2 Å². The predicted molar refractivity (Wildman–Crippen MR) is 166 cm³/mol. The summed E-state index contributed by atoms with van der Waals surface area (Å²) >= 11 is 0. The summed E-state index contributed by atoms with van der Waals surface area (Å²) in [5, 5.41) is 13.5. The van der Waals surface area contributed by atoms with E-state index in [1.165, 1.54) is 27.0 Å². The van der Waals surface area contributed by atoms with Crippen LogP contribution < -0.4 is 10.1 Å². The lowest BCUT2D eigenvalue weighted by molar-refractivity contribution is -0.149. The minimum atomic E-state index is -1.87. The van der Waals surface area contributed by atoms with Crippen LogP contribution in [-0.2, 0) is 19.1 Å². The summed E-state index contributed by atoms with van der Waals surface area (Å²) in [5.74, 6) is -5.03. The molecule has 0 fully saturated rings. The third-order valence-electron chi connectivity index (χ3n) is 8.49. The fraction of sp³-hybridized carbons (Fsp3) is 0.457. The Hall–Kier alpha value is -4.47. The Morgan fingerprint density at radius 1 is 1.07 bits per heavy atom. The van der Waals surface area contributed by atoms with Gasteiger partial charge in [0.2, 0.25) is 5.78 Å². The van der Waals surface area contributed by atoms with E-state index in [9.17, 15) is 29.1 Å². The van der Waals surface area contributed by atoms with Crippen LogP contribution in [0.25, 0.3) is 0 Å². The zero-order valence-corrected chi connectivity index (χ0v) is 26.8. The van der Waals surface area contributed by atoms with E-state index in [-0.39, 0.29) is 57.6 Å². The topological polar surface area (TPSA) is 145 Å². The number of benzene rings is 1. The number of hydrogen-bond donors (Lipinski definition) is 2. The predicted octanol–water partition coefficient (Wildman–Crippen LogP) is 5.82. The number of aromatic hydroxyl groups is 1. The van der Waals surface area contributed by atoms with Crippen molar-refractivity contribution in [2.45, 2.75) is 86.0 Å². The van der Waals surface area contributed by atoms with Crippen molar-refractivity contribution < 1.29 is 43.3 Å². The normalized spacial score (nSPS) is 30.3. The third-order valence-corrected chi connectivity index (χ3v) is 8.49. The van der Waals surface area contributed by atoms with Crippen LogP contribution in [0.2, 0.25) is 0 Å². The van der Waals surface area contributed by atoms with Crippen molar-refractivity contribution in [3.63, 3.8) is 0 Å². The molecule has 3 aliphatic heterocycles. The van der Waals surface area contributed by atoms with Crippen LogP contribution >= 0.6 is 0 Å². The van der Waals surface area contributed by atoms with Crippen LogP contribution in [0.3, 0.4) is 0 Å². The van der Waals surface area contributed by atoms with E-state index >= 15 is 0 Å². The number of allylic oxidation sites excluding steroid dienone is 6. The summed E-state index contributed by atoms with van der Waals surface area (Å²) in [6.07, 6.45) is 11.8. The summed E-state index contributed by atoms with van der Waals surface area (Å²) in [5.41, 5.74) is -0.784. The molecule has 5 atom stereocenters. The van der Waals surface area contributed by atoms with Crippen LogP contribution in [0, 0.1) is 24.7 Å². The first-order valence-corrected chi connectivity index (χ1v) is 15.2. The first kappa shape index (κ1) is 33.4. The number of amides is 1. The maximum absolute atomic E-state index is 13.7. The van der Waals surface area contributed by atoms with Gasteiger partial charge in [-0.05, 0) is 63.4 Å². The number of hydrogen-bond acceptors (Lipinski definition) is 9. The quantitative estimate of drug-likeness (QED) is 0.372. The van der Waals surface area contributed by atoms with Crippen molar-refractivity contribution in [3.05, 3.63) is 70.2 Å². The summed E-state index contributed by atoms with van der Waals surface area (Å²) in [7, 11) is 0. The molecule has 0 radical (unpaired) electrons. The van der Waals surface area contributed by atoms with E-state index in [2.05, 4.69) is 26.1 Å². The van der Waals surface area contributed by atoms with Gasteiger partial charge in [0.25, 0.3) is 11.7 Å². The Labute approximate surface area is 263 Å². The maximum Gasteiger partial charge on any atom is 0.312 e. The molecule has 1 aliphatic carbocycles. The molecule has 45 heavy (non-hydrogen) atoms. The van der Waals surface area contributed by atoms with E-state index in [0.717, 1.165) is 18.9 Å². The van der Waals surface area contributed by atoms with Crippen molar-refractivity contribution in [3.8, 4) is 11.5 Å². The van der Waals surface area contributed by atoms with Crippen molar-refractivity contribution in [2.24, 2.45) is 17.8 Å². The van der Waals surface area contributed by atoms with Crippen LogP contribution in [0.4, 0.5) is 0 Å². The number of ether oxygens (including phenoxy) is 3. The summed E-state index contributed by atoms with van der Waals surface area (Å²) in [6.45, 7) is 12.1. The molecule has 0 aromatic heterocycles. The largest absolute Gasteiger partial charge is 0.507 e. The molecule has 5 rings (SSSR count). The molecule has 240 valence electrons. The first-order chi connectivity index (χ1) is 21.1. The number of carbonyl (C=O) groups is 5. The lowest BCUT2D eigenvalue weighted by Crippen LogP contribution is -2.38. The summed E-state index contributed by atoms with van der Waals surface area (Å²) in [6, 6.07) is 0. The van der Waals surface area contributed by atoms with Gasteiger partial charge in [0, 0.05) is 31.1 Å². The van der Waals surface area contributed by atoms with Gasteiger partial charge in [-0.1, -0.05) is 39.0 Å². The molecule has 10 nitrogen and oxygen atoms in total. The molecule has 5 bridgehead atoms. The molecule has 0 unspecified atom stereocenters. The molecule has 10 heteroatoms. The second-order valence-corrected chi connectivity index (χ2v) is 12.5. The number of carbonyl (C=O) groups excluding carboxylic acids is 5. The van der Waals surface area contributed by atoms with Gasteiger partial charge in [-0.3, -0.25) is 24.0 Å². The fourth-order valence-corrected chi connectivity index (χ4v) is 6.15. The molecular formula is C35H41NO9. The van der Waals surface area contributed by atoms with Crippen molar-refractivity contribution in [1.82, 2.24) is 5.32 Å². The number of nitrogens with one attached hydrogen (secondary N) is 1. The van der Waals surface area contributed by atoms with Crippen molar-refractivity contribution in [2.75, 3.05) is 0 Å². The monoisotopic (exact) mass is 619 g/mol. The van der Waals surface area contributed by atoms with Gasteiger partial charge in [0.1, 0.15) is 17.6 Å². The molecule has 4 aliphatic rings. The molecule has 1 aromatic rings. The van der Waals surface area contributed by atoms with Crippen LogP contribution in [0.15, 0.2) is 47.9 Å². The van der Waals surface area contributed by atoms with Gasteiger partial charge in [-0.2, -0.15) is 0 Å². The molecule has 0 saturated carbocycles. The Bertz CT molecular complexity index is 1560. The molecule has 2 N–H and O–H groups in total. The van der Waals surface area contributed by atoms with Gasteiger partial charge in [0.05, 0.1) is 28.6 Å². The Kier molecular flexibility index (Phi) is 9.85. The van der Waals surface area contributed by atoms with E-state index in [4.69, 9.17) is 14.2 Å². The van der Waals surface area contributed by atoms with E-state index < -0.39 is 34.8 Å². The second kappa shape index (κ2) is 13.3. The minimum Gasteiger partial charge on any atom is -0.507 e. The van der Waals surface area contributed by atoms with Crippen molar-refractivity contribution in [1.29, 1.82) is 0 Å². The Balaban J connectivity index is 1.72. The highest BCUT2D eigenvalue weighted by molar-refractivity contribution is 6.30. The number of phenols is 1. The Morgan fingerprint density at radius 2 is 1.78 bits per heavy atom. The zero-order valence-electron chi connectivity index (χ0n) is 26.8. The highest BCUT2D eigenvalue weighted by Gasteiger charge is 2.51. The summed E-state index contributed by atoms with van der Waals surface area (Å²) < 4.78 is 17.3. The van der Waals surface area contributed by atoms with Gasteiger partial charge < -0.3 is 24.6 Å². The standard InChI is InChI=1S/C35H41NO9/c1-18-11-10-12-20(3)34(42)36-24-17-25(38)27-28(31(24)40)30(39)22(5)32-29(27)33(41)35(7,45-32)43-14-9-8-13-26(44-23(6)37)21(4)16-19(2)15-18/h9-12,14,17-19,21,26,39H,8,13,15-16H2,1-7H3,(H,36,42)/b11-10+,14-9+,20-12-/t18-,19+,21+,26+,35-/m0/s1. The van der Waals surface area contributed by atoms with Gasteiger partial charge in [-0.25, -0.2) is 0 Å². The molecule has 0 saturated heterocycles. The second-order valence-electron chi connectivity index (χ2n) is 12.5. The lowest BCUT2D eigenvalue weighted by Gasteiger charge is -2.26. The van der Waals surface area contributed by atoms with Crippen molar-refractivity contribution >= 4 is 29.2 Å². The molecular weight excluding hydrogens is 578 g/mol. The minimum absolute atomic E-state index is 0.0580. The number of phenolic OH excluding ortho intramolecular Hbond substituents is 1. The lowest BCUT2D eigenvalue weighted by atomic mass is 9.84. The van der Waals surface area contributed by atoms with Gasteiger partial charge in [-0.15, -0.1) is 0 Å². The number of ketones is 3. The SMILES string of the molecule is CC(=O)O[C@@H]1CC/C=C/O[C@@]2(C)Oc3c(C)c(O)c4c(c3C2=O)C(=O)C=C(NC(=O)/C(C)=C\C=C\[C@H](C)C[C@@H](C)C[C@H]1C)C4=O. The van der Waals surface area contributed by atoms with Crippen LogP contribution in [0.5, 0.6) is 11.5 Å². The van der Waals surface area contributed by atoms with Crippen LogP contribution in [0.1, 0.15) is 104 Å². The number of esters is 1. The zero-order chi connectivity index (χ0) is 33.2. The number of rotatable bonds is 1. The molecule has 1 aromatic carbocycles. The van der Waals surface area contributed by atoms with E-state index in [1.54, 1.807) is 25.2 Å².